The first-order valence-electron chi connectivity index (χ1n) is 8.55. The number of amides is 1. The fraction of sp³-hybridized carbons (Fsp3) is 0.0526. The van der Waals surface area contributed by atoms with Crippen molar-refractivity contribution in [3.63, 3.8) is 0 Å². The van der Waals surface area contributed by atoms with Crippen molar-refractivity contribution in [2.45, 2.75) is 6.54 Å². The van der Waals surface area contributed by atoms with Gasteiger partial charge in [0.25, 0.3) is 11.6 Å². The van der Waals surface area contributed by atoms with Crippen molar-refractivity contribution in [2.75, 3.05) is 0 Å². The number of nitro groups is 1. The molecule has 0 aliphatic carbocycles. The van der Waals surface area contributed by atoms with E-state index in [2.05, 4.69) is 20.8 Å². The van der Waals surface area contributed by atoms with E-state index in [4.69, 9.17) is 4.42 Å². The molecule has 2 aromatic carbocycles. The Morgan fingerprint density at radius 1 is 1.21 bits per heavy atom. The van der Waals surface area contributed by atoms with E-state index < -0.39 is 4.92 Å². The lowest BCUT2D eigenvalue weighted by molar-refractivity contribution is -0.384. The van der Waals surface area contributed by atoms with E-state index in [0.717, 1.165) is 5.52 Å². The van der Waals surface area contributed by atoms with Crippen LogP contribution in [0, 0.1) is 10.1 Å². The second-order valence-corrected chi connectivity index (χ2v) is 6.04. The number of hydrazone groups is 1. The zero-order valence-electron chi connectivity index (χ0n) is 14.9. The molecule has 0 radical (unpaired) electrons. The van der Waals surface area contributed by atoms with Crippen LogP contribution in [-0.4, -0.2) is 32.0 Å². The predicted molar refractivity (Wildman–Crippen MR) is 104 cm³/mol. The number of carbonyl (C=O) groups excluding carboxylic acids is 1. The van der Waals surface area contributed by atoms with Gasteiger partial charge in [0.15, 0.2) is 0 Å². The van der Waals surface area contributed by atoms with Crippen molar-refractivity contribution in [2.24, 2.45) is 5.10 Å². The van der Waals surface area contributed by atoms with E-state index in [-0.39, 0.29) is 18.1 Å². The van der Waals surface area contributed by atoms with E-state index in [0.29, 0.717) is 22.6 Å². The molecule has 2 heterocycles. The molecule has 0 spiro atoms. The lowest BCUT2D eigenvalue weighted by atomic mass is 10.1. The van der Waals surface area contributed by atoms with Gasteiger partial charge in [0.1, 0.15) is 23.6 Å². The van der Waals surface area contributed by atoms with Crippen LogP contribution < -0.4 is 5.43 Å². The Labute approximate surface area is 163 Å². The van der Waals surface area contributed by atoms with Crippen molar-refractivity contribution in [1.29, 1.82) is 0 Å². The number of nitro benzene ring substituents is 1. The van der Waals surface area contributed by atoms with Crippen molar-refractivity contribution in [1.82, 2.24) is 20.4 Å². The van der Waals surface area contributed by atoms with Crippen LogP contribution in [0.5, 0.6) is 0 Å². The first-order valence-corrected chi connectivity index (χ1v) is 8.55. The molecular formula is C19H14N6O4. The molecule has 0 saturated carbocycles. The van der Waals surface area contributed by atoms with Crippen LogP contribution in [0.2, 0.25) is 0 Å². The van der Waals surface area contributed by atoms with E-state index in [1.807, 2.05) is 24.3 Å². The maximum atomic E-state index is 12.1. The number of aromatic nitrogens is 3. The molecule has 144 valence electrons. The molecule has 10 nitrogen and oxygen atoms in total. The van der Waals surface area contributed by atoms with Gasteiger partial charge in [-0.1, -0.05) is 29.5 Å². The summed E-state index contributed by atoms with van der Waals surface area (Å²) in [6, 6.07) is 16.7. The quantitative estimate of drug-likeness (QED) is 0.306. The van der Waals surface area contributed by atoms with E-state index >= 15 is 0 Å². The number of furan rings is 1. The summed E-state index contributed by atoms with van der Waals surface area (Å²) in [4.78, 5) is 22.5. The summed E-state index contributed by atoms with van der Waals surface area (Å²) >= 11 is 0. The number of hydrogen-bond donors (Lipinski definition) is 1. The predicted octanol–water partition coefficient (Wildman–Crippen LogP) is 2.75. The van der Waals surface area contributed by atoms with Gasteiger partial charge in [-0.2, -0.15) is 5.10 Å². The normalized spacial score (nSPS) is 11.2. The van der Waals surface area contributed by atoms with Gasteiger partial charge in [0.2, 0.25) is 0 Å². The number of benzene rings is 2. The summed E-state index contributed by atoms with van der Waals surface area (Å²) in [5.41, 5.74) is 4.40. The largest absolute Gasteiger partial charge is 0.455 e. The van der Waals surface area contributed by atoms with Crippen LogP contribution in [0.3, 0.4) is 0 Å². The molecule has 0 aliphatic rings. The van der Waals surface area contributed by atoms with Crippen LogP contribution in [0.25, 0.3) is 22.4 Å². The second-order valence-electron chi connectivity index (χ2n) is 6.04. The van der Waals surface area contributed by atoms with Gasteiger partial charge < -0.3 is 4.42 Å². The monoisotopic (exact) mass is 390 g/mol. The summed E-state index contributed by atoms with van der Waals surface area (Å²) in [6.45, 7) is -0.0328. The molecule has 29 heavy (non-hydrogen) atoms. The smallest absolute Gasteiger partial charge is 0.270 e. The van der Waals surface area contributed by atoms with E-state index in [1.54, 1.807) is 24.3 Å². The maximum absolute atomic E-state index is 12.1. The molecule has 0 unspecified atom stereocenters. The van der Waals surface area contributed by atoms with Crippen molar-refractivity contribution in [3.05, 3.63) is 76.5 Å². The van der Waals surface area contributed by atoms with Gasteiger partial charge in [-0.15, -0.1) is 5.10 Å². The highest BCUT2D eigenvalue weighted by Gasteiger charge is 2.10. The molecule has 1 amide bonds. The number of non-ortho nitro benzene ring substituents is 1. The minimum Gasteiger partial charge on any atom is -0.455 e. The zero-order chi connectivity index (χ0) is 20.2. The number of nitrogens with zero attached hydrogens (tertiary/aromatic N) is 5. The Bertz CT molecular complexity index is 1230. The summed E-state index contributed by atoms with van der Waals surface area (Å²) in [7, 11) is 0. The molecule has 4 aromatic rings. The summed E-state index contributed by atoms with van der Waals surface area (Å²) in [6.07, 6.45) is 1.35. The van der Waals surface area contributed by atoms with E-state index in [9.17, 15) is 14.9 Å². The fourth-order valence-electron chi connectivity index (χ4n) is 2.72. The molecule has 0 atom stereocenters. The molecule has 0 bridgehead atoms. The van der Waals surface area contributed by atoms with Gasteiger partial charge in [-0.05, 0) is 24.3 Å². The van der Waals surface area contributed by atoms with Crippen molar-refractivity contribution >= 4 is 28.8 Å². The third-order valence-electron chi connectivity index (χ3n) is 4.06. The Morgan fingerprint density at radius 2 is 2.07 bits per heavy atom. The Morgan fingerprint density at radius 3 is 2.93 bits per heavy atom. The lowest BCUT2D eigenvalue weighted by Crippen LogP contribution is -2.23. The third kappa shape index (κ3) is 4.00. The SMILES string of the molecule is O=C(Cn1nnc2ccccc21)N/N=C/c1ccc(-c2cccc([N+](=O)[O-])c2)o1. The summed E-state index contributed by atoms with van der Waals surface area (Å²) in [5, 5.41) is 22.7. The fourth-order valence-corrected chi connectivity index (χ4v) is 2.72. The average Bonchev–Trinajstić information content (AvgIpc) is 3.36. The van der Waals surface area contributed by atoms with Gasteiger partial charge >= 0.3 is 0 Å². The minimum atomic E-state index is -0.470. The number of para-hydroxylation sites is 1. The van der Waals surface area contributed by atoms with Crippen molar-refractivity contribution < 1.29 is 14.1 Å². The molecule has 2 aromatic heterocycles. The third-order valence-corrected chi connectivity index (χ3v) is 4.06. The number of hydrogen-bond acceptors (Lipinski definition) is 7. The zero-order valence-corrected chi connectivity index (χ0v) is 14.9. The van der Waals surface area contributed by atoms with Gasteiger partial charge in [0, 0.05) is 17.7 Å². The average molecular weight is 390 g/mol. The maximum Gasteiger partial charge on any atom is 0.270 e. The number of carbonyl (C=O) groups is 1. The minimum absolute atomic E-state index is 0.0259. The summed E-state index contributed by atoms with van der Waals surface area (Å²) < 4.78 is 7.08. The Kier molecular flexibility index (Phi) is 4.81. The number of fused-ring (bicyclic) bond motifs is 1. The van der Waals surface area contributed by atoms with E-state index in [1.165, 1.54) is 23.0 Å². The first-order chi connectivity index (χ1) is 14.1. The lowest BCUT2D eigenvalue weighted by Gasteiger charge is -2.00. The topological polar surface area (TPSA) is 128 Å². The molecular weight excluding hydrogens is 376 g/mol. The molecule has 0 fully saturated rings. The van der Waals surface area contributed by atoms with Gasteiger partial charge in [0.05, 0.1) is 16.7 Å². The Balaban J connectivity index is 1.39. The van der Waals surface area contributed by atoms with Crippen LogP contribution in [0.4, 0.5) is 5.69 Å². The van der Waals surface area contributed by atoms with Gasteiger partial charge in [-0.25, -0.2) is 10.1 Å². The van der Waals surface area contributed by atoms with Crippen LogP contribution in [-0.2, 0) is 11.3 Å². The Hall–Kier alpha value is -4.34. The molecule has 0 saturated heterocycles. The highest BCUT2D eigenvalue weighted by atomic mass is 16.6. The summed E-state index contributed by atoms with van der Waals surface area (Å²) in [5.74, 6) is 0.468. The first kappa shape index (κ1) is 18.0. The van der Waals surface area contributed by atoms with Crippen LogP contribution in [0.1, 0.15) is 5.76 Å². The second kappa shape index (κ2) is 7.72. The van der Waals surface area contributed by atoms with Crippen LogP contribution in [0.15, 0.2) is 70.2 Å². The number of rotatable bonds is 6. The van der Waals surface area contributed by atoms with Crippen molar-refractivity contribution in [3.8, 4) is 11.3 Å². The standard InChI is InChI=1S/C19H14N6O4/c26-19(12-24-17-7-2-1-6-16(17)21-23-24)22-20-11-15-8-9-18(29-15)13-4-3-5-14(10-13)25(27)28/h1-11H,12H2,(H,22,26)/b20-11+. The van der Waals surface area contributed by atoms with Crippen LogP contribution >= 0.6 is 0 Å². The highest BCUT2D eigenvalue weighted by Crippen LogP contribution is 2.25. The molecule has 10 heteroatoms. The number of nitrogens with one attached hydrogen (secondary N) is 1. The molecule has 0 aliphatic heterocycles. The van der Waals surface area contributed by atoms with Gasteiger partial charge in [-0.3, -0.25) is 14.9 Å². The highest BCUT2D eigenvalue weighted by molar-refractivity contribution is 5.82. The molecule has 4 rings (SSSR count). The molecule has 1 N–H and O–H groups in total.